The minimum absolute atomic E-state index is 0.143. The minimum Gasteiger partial charge on any atom is -0.464 e. The molecule has 1 fully saturated rings. The smallest absolute Gasteiger partial charge is 0.227 e. The molecule has 5 rings (SSSR count). The van der Waals surface area contributed by atoms with E-state index in [0.717, 1.165) is 35.2 Å². The number of anilines is 3. The molecule has 8 nitrogen and oxygen atoms in total. The van der Waals surface area contributed by atoms with Crippen molar-refractivity contribution in [2.45, 2.75) is 26.1 Å². The van der Waals surface area contributed by atoms with E-state index in [1.807, 2.05) is 30.3 Å². The van der Waals surface area contributed by atoms with Crippen molar-refractivity contribution in [2.75, 3.05) is 23.3 Å². The van der Waals surface area contributed by atoms with Gasteiger partial charge in [0.15, 0.2) is 5.82 Å². The van der Waals surface area contributed by atoms with Gasteiger partial charge in [0.1, 0.15) is 11.4 Å². The summed E-state index contributed by atoms with van der Waals surface area (Å²) < 4.78 is 11.2. The van der Waals surface area contributed by atoms with Crippen molar-refractivity contribution in [3.8, 4) is 11.1 Å². The van der Waals surface area contributed by atoms with Crippen molar-refractivity contribution in [3.05, 3.63) is 55.1 Å². The largest absolute Gasteiger partial charge is 0.464 e. The number of ether oxygens (including phenoxy) is 1. The van der Waals surface area contributed by atoms with Crippen molar-refractivity contribution in [1.82, 2.24) is 20.2 Å². The number of benzene rings is 1. The summed E-state index contributed by atoms with van der Waals surface area (Å²) >= 11 is 0. The highest BCUT2D eigenvalue weighted by molar-refractivity contribution is 5.83. The molecule has 1 aromatic carbocycles. The molecule has 0 unspecified atom stereocenters. The molecule has 4 aromatic rings. The number of morpholine rings is 1. The Hall–Kier alpha value is -3.52. The Morgan fingerprint density at radius 3 is 2.73 bits per heavy atom. The number of fused-ring (bicyclic) bond motifs is 1. The van der Waals surface area contributed by atoms with Crippen molar-refractivity contribution in [1.29, 1.82) is 0 Å². The SMILES string of the molecule is C[C@@H]1CN(c2nccc(Nc3cc(-c4ccc5occc5c4)cnn3)n2)C[C@H](C)O1. The summed E-state index contributed by atoms with van der Waals surface area (Å²) in [7, 11) is 0. The molecule has 152 valence electrons. The monoisotopic (exact) mass is 402 g/mol. The zero-order valence-corrected chi connectivity index (χ0v) is 16.8. The van der Waals surface area contributed by atoms with Gasteiger partial charge in [-0.1, -0.05) is 6.07 Å². The lowest BCUT2D eigenvalue weighted by molar-refractivity contribution is -0.00571. The number of furan rings is 1. The van der Waals surface area contributed by atoms with E-state index < -0.39 is 0 Å². The molecule has 1 saturated heterocycles. The van der Waals surface area contributed by atoms with Crippen LogP contribution in [0.4, 0.5) is 17.6 Å². The summed E-state index contributed by atoms with van der Waals surface area (Å²) in [5.74, 6) is 1.97. The van der Waals surface area contributed by atoms with E-state index in [0.29, 0.717) is 17.6 Å². The lowest BCUT2D eigenvalue weighted by Gasteiger charge is -2.35. The van der Waals surface area contributed by atoms with Crippen LogP contribution in [0.25, 0.3) is 22.1 Å². The van der Waals surface area contributed by atoms with E-state index in [-0.39, 0.29) is 12.2 Å². The van der Waals surface area contributed by atoms with Crippen molar-refractivity contribution < 1.29 is 9.15 Å². The number of aromatic nitrogens is 4. The molecule has 0 aliphatic carbocycles. The van der Waals surface area contributed by atoms with Gasteiger partial charge in [0.05, 0.1) is 24.7 Å². The third-order valence-electron chi connectivity index (χ3n) is 5.04. The Morgan fingerprint density at radius 1 is 1.00 bits per heavy atom. The Balaban J connectivity index is 1.38. The first-order valence-electron chi connectivity index (χ1n) is 9.95. The van der Waals surface area contributed by atoms with Gasteiger partial charge in [-0.25, -0.2) is 4.98 Å². The maximum atomic E-state index is 5.80. The van der Waals surface area contributed by atoms with Crippen LogP contribution in [0.2, 0.25) is 0 Å². The summed E-state index contributed by atoms with van der Waals surface area (Å²) in [5.41, 5.74) is 2.86. The fraction of sp³-hybridized carbons (Fsp3) is 0.273. The summed E-state index contributed by atoms with van der Waals surface area (Å²) in [6.45, 7) is 5.65. The first-order chi connectivity index (χ1) is 14.6. The number of hydrogen-bond acceptors (Lipinski definition) is 8. The third kappa shape index (κ3) is 3.81. The van der Waals surface area contributed by atoms with Gasteiger partial charge in [0.25, 0.3) is 0 Å². The topological polar surface area (TPSA) is 89.2 Å². The molecular weight excluding hydrogens is 380 g/mol. The molecule has 0 amide bonds. The van der Waals surface area contributed by atoms with Crippen LogP contribution >= 0.6 is 0 Å². The number of rotatable bonds is 4. The fourth-order valence-electron chi connectivity index (χ4n) is 3.77. The highest BCUT2D eigenvalue weighted by atomic mass is 16.5. The van der Waals surface area contributed by atoms with E-state index in [9.17, 15) is 0 Å². The fourth-order valence-corrected chi connectivity index (χ4v) is 3.77. The molecule has 0 bridgehead atoms. The lowest BCUT2D eigenvalue weighted by atomic mass is 10.1. The molecule has 30 heavy (non-hydrogen) atoms. The van der Waals surface area contributed by atoms with Crippen LogP contribution in [-0.4, -0.2) is 45.5 Å². The number of hydrogen-bond donors (Lipinski definition) is 1. The highest BCUT2D eigenvalue weighted by Crippen LogP contribution is 2.26. The van der Waals surface area contributed by atoms with Crippen molar-refractivity contribution in [3.63, 3.8) is 0 Å². The maximum absolute atomic E-state index is 5.80. The van der Waals surface area contributed by atoms with Gasteiger partial charge in [-0.2, -0.15) is 10.1 Å². The Kier molecular flexibility index (Phi) is 4.76. The minimum atomic E-state index is 0.143. The molecule has 0 radical (unpaired) electrons. The molecule has 2 atom stereocenters. The summed E-state index contributed by atoms with van der Waals surface area (Å²) in [6.07, 6.45) is 5.47. The molecule has 0 spiro atoms. The summed E-state index contributed by atoms with van der Waals surface area (Å²) in [4.78, 5) is 11.2. The van der Waals surface area contributed by atoms with Crippen LogP contribution in [-0.2, 0) is 4.74 Å². The molecule has 8 heteroatoms. The quantitative estimate of drug-likeness (QED) is 0.547. The van der Waals surface area contributed by atoms with Crippen LogP contribution in [0.1, 0.15) is 13.8 Å². The average molecular weight is 402 g/mol. The first-order valence-corrected chi connectivity index (χ1v) is 9.95. The van der Waals surface area contributed by atoms with Crippen molar-refractivity contribution in [2.24, 2.45) is 0 Å². The normalized spacial score (nSPS) is 19.2. The highest BCUT2D eigenvalue weighted by Gasteiger charge is 2.24. The molecule has 0 saturated carbocycles. The molecule has 3 aromatic heterocycles. The van der Waals surface area contributed by atoms with E-state index >= 15 is 0 Å². The average Bonchev–Trinajstić information content (AvgIpc) is 3.21. The van der Waals surface area contributed by atoms with Gasteiger partial charge in [-0.3, -0.25) is 0 Å². The Labute approximate surface area is 173 Å². The van der Waals surface area contributed by atoms with Crippen LogP contribution in [0.5, 0.6) is 0 Å². The summed E-state index contributed by atoms with van der Waals surface area (Å²) in [6, 6.07) is 11.8. The van der Waals surface area contributed by atoms with Gasteiger partial charge in [0.2, 0.25) is 5.95 Å². The summed E-state index contributed by atoms with van der Waals surface area (Å²) in [5, 5.41) is 12.7. The van der Waals surface area contributed by atoms with Crippen LogP contribution in [0, 0.1) is 0 Å². The Bertz CT molecular complexity index is 1170. The first kappa shape index (κ1) is 18.5. The third-order valence-corrected chi connectivity index (χ3v) is 5.04. The van der Waals surface area contributed by atoms with Gasteiger partial charge in [-0.05, 0) is 49.7 Å². The predicted molar refractivity (Wildman–Crippen MR) is 115 cm³/mol. The second kappa shape index (κ2) is 7.72. The standard InChI is InChI=1S/C22H22N6O2/c1-14-12-28(13-15(2)30-14)22-23-7-5-20(26-22)25-21-10-18(11-24-27-21)16-3-4-19-17(9-16)6-8-29-19/h3-11,14-15H,12-13H2,1-2H3,(H,23,25,26,27)/t14-,15+. The second-order valence-electron chi connectivity index (χ2n) is 7.53. The molecule has 4 heterocycles. The van der Waals surface area contributed by atoms with Gasteiger partial charge in [0, 0.05) is 30.2 Å². The van der Waals surface area contributed by atoms with Crippen molar-refractivity contribution >= 4 is 28.6 Å². The van der Waals surface area contributed by atoms with Crippen LogP contribution < -0.4 is 10.2 Å². The van der Waals surface area contributed by atoms with E-state index in [4.69, 9.17) is 9.15 Å². The molecule has 1 aliphatic rings. The van der Waals surface area contributed by atoms with Gasteiger partial charge >= 0.3 is 0 Å². The number of nitrogens with zero attached hydrogens (tertiary/aromatic N) is 5. The predicted octanol–water partition coefficient (Wildman–Crippen LogP) is 4.04. The van der Waals surface area contributed by atoms with E-state index in [2.05, 4.69) is 50.3 Å². The Morgan fingerprint density at radius 2 is 1.87 bits per heavy atom. The molecule has 1 aliphatic heterocycles. The van der Waals surface area contributed by atoms with E-state index in [1.54, 1.807) is 18.7 Å². The lowest BCUT2D eigenvalue weighted by Crippen LogP contribution is -2.46. The van der Waals surface area contributed by atoms with E-state index in [1.165, 1.54) is 0 Å². The van der Waals surface area contributed by atoms with Crippen LogP contribution in [0.3, 0.4) is 0 Å². The van der Waals surface area contributed by atoms with Gasteiger partial charge < -0.3 is 19.4 Å². The zero-order valence-electron chi connectivity index (χ0n) is 16.8. The van der Waals surface area contributed by atoms with Gasteiger partial charge in [-0.15, -0.1) is 5.10 Å². The molecular formula is C22H22N6O2. The number of nitrogens with one attached hydrogen (secondary N) is 1. The zero-order chi connectivity index (χ0) is 20.5. The second-order valence-corrected chi connectivity index (χ2v) is 7.53. The maximum Gasteiger partial charge on any atom is 0.227 e. The van der Waals surface area contributed by atoms with Crippen LogP contribution in [0.15, 0.2) is 59.5 Å². The molecule has 1 N–H and O–H groups in total.